The number of aromatic nitrogens is 2. The molecule has 1 aliphatic heterocycles. The first-order valence-electron chi connectivity index (χ1n) is 6.71. The highest BCUT2D eigenvalue weighted by molar-refractivity contribution is 7.08. The Bertz CT molecular complexity index is 759. The average molecular weight is 299 g/mol. The van der Waals surface area contributed by atoms with Crippen LogP contribution in [0.1, 0.15) is 16.2 Å². The molecule has 1 aliphatic rings. The molecule has 0 atom stereocenters. The van der Waals surface area contributed by atoms with Gasteiger partial charge in [-0.05, 0) is 17.5 Å². The number of imidazole rings is 1. The van der Waals surface area contributed by atoms with E-state index in [9.17, 15) is 4.79 Å². The third kappa shape index (κ3) is 2.08. The number of hydrogen-bond acceptors (Lipinski definition) is 4. The van der Waals surface area contributed by atoms with Gasteiger partial charge >= 0.3 is 0 Å². The summed E-state index contributed by atoms with van der Waals surface area (Å²) in [6.45, 7) is 1.99. The number of thiophene rings is 1. The van der Waals surface area contributed by atoms with Crippen LogP contribution >= 0.6 is 11.3 Å². The normalized spacial score (nSPS) is 14.2. The van der Waals surface area contributed by atoms with Crippen LogP contribution in [-0.4, -0.2) is 26.9 Å². The molecular formula is C15H13N3O2S. The number of amides is 1. The maximum atomic E-state index is 12.3. The van der Waals surface area contributed by atoms with Crippen molar-refractivity contribution in [3.8, 4) is 11.3 Å². The number of hydrogen-bond donors (Lipinski definition) is 0. The van der Waals surface area contributed by atoms with Crippen molar-refractivity contribution in [3.63, 3.8) is 0 Å². The Kier molecular flexibility index (Phi) is 2.89. The number of nitrogens with zero attached hydrogens (tertiary/aromatic N) is 3. The lowest BCUT2D eigenvalue weighted by Crippen LogP contribution is -2.38. The molecule has 0 saturated heterocycles. The maximum absolute atomic E-state index is 12.3. The van der Waals surface area contributed by atoms with Crippen LogP contribution in [0.3, 0.4) is 0 Å². The Morgan fingerprint density at radius 1 is 1.33 bits per heavy atom. The number of furan rings is 1. The highest BCUT2D eigenvalue weighted by Crippen LogP contribution is 2.26. The van der Waals surface area contributed by atoms with Gasteiger partial charge in [-0.25, -0.2) is 4.98 Å². The van der Waals surface area contributed by atoms with E-state index in [1.165, 1.54) is 18.1 Å². The van der Waals surface area contributed by atoms with Gasteiger partial charge in [0.05, 0.1) is 30.3 Å². The summed E-state index contributed by atoms with van der Waals surface area (Å²) >= 11 is 1.68. The van der Waals surface area contributed by atoms with Crippen LogP contribution in [0.4, 0.5) is 0 Å². The minimum atomic E-state index is -0.00455. The maximum Gasteiger partial charge on any atom is 0.257 e. The number of carbonyl (C=O) groups excluding carboxylic acids is 1. The van der Waals surface area contributed by atoms with Crippen LogP contribution in [0.5, 0.6) is 0 Å². The van der Waals surface area contributed by atoms with E-state index < -0.39 is 0 Å². The van der Waals surface area contributed by atoms with Crippen molar-refractivity contribution in [2.75, 3.05) is 6.54 Å². The molecule has 5 nitrogen and oxygen atoms in total. The lowest BCUT2D eigenvalue weighted by atomic mass is 10.2. The summed E-state index contributed by atoms with van der Waals surface area (Å²) in [6, 6.07) is 3.79. The zero-order valence-corrected chi connectivity index (χ0v) is 12.0. The Labute approximate surface area is 125 Å². The van der Waals surface area contributed by atoms with E-state index in [0.29, 0.717) is 18.7 Å². The Morgan fingerprint density at radius 3 is 3.05 bits per heavy atom. The summed E-state index contributed by atoms with van der Waals surface area (Å²) in [4.78, 5) is 18.6. The van der Waals surface area contributed by atoms with E-state index in [1.54, 1.807) is 17.4 Å². The monoisotopic (exact) mass is 299 g/mol. The number of carbonyl (C=O) groups is 1. The zero-order chi connectivity index (χ0) is 14.2. The first kappa shape index (κ1) is 12.4. The highest BCUT2D eigenvalue weighted by atomic mass is 32.1. The molecule has 3 aromatic rings. The van der Waals surface area contributed by atoms with Gasteiger partial charge in [-0.1, -0.05) is 0 Å². The summed E-state index contributed by atoms with van der Waals surface area (Å²) in [6.07, 6.45) is 4.90. The molecular weight excluding hydrogens is 286 g/mol. The van der Waals surface area contributed by atoms with E-state index in [-0.39, 0.29) is 5.91 Å². The van der Waals surface area contributed by atoms with Gasteiger partial charge in [0.15, 0.2) is 0 Å². The fourth-order valence-electron chi connectivity index (χ4n) is 2.64. The molecule has 4 rings (SSSR count). The Morgan fingerprint density at radius 2 is 2.29 bits per heavy atom. The first-order chi connectivity index (χ1) is 10.3. The predicted octanol–water partition coefficient (Wildman–Crippen LogP) is 2.86. The van der Waals surface area contributed by atoms with Gasteiger partial charge < -0.3 is 13.9 Å². The second-order valence-corrected chi connectivity index (χ2v) is 5.74. The summed E-state index contributed by atoms with van der Waals surface area (Å²) in [7, 11) is 0. The molecule has 106 valence electrons. The smallest absolute Gasteiger partial charge is 0.257 e. The van der Waals surface area contributed by atoms with Crippen molar-refractivity contribution in [1.82, 2.24) is 14.5 Å². The highest BCUT2D eigenvalue weighted by Gasteiger charge is 2.25. The molecule has 0 bridgehead atoms. The van der Waals surface area contributed by atoms with Gasteiger partial charge in [-0.2, -0.15) is 11.3 Å². The van der Waals surface area contributed by atoms with Crippen LogP contribution < -0.4 is 0 Å². The second-order valence-electron chi connectivity index (χ2n) is 4.96. The molecule has 1 amide bonds. The third-order valence-electron chi connectivity index (χ3n) is 3.74. The predicted molar refractivity (Wildman–Crippen MR) is 79.0 cm³/mol. The lowest BCUT2D eigenvalue weighted by Gasteiger charge is -2.28. The molecule has 4 heterocycles. The lowest BCUT2D eigenvalue weighted by molar-refractivity contribution is 0.0707. The summed E-state index contributed by atoms with van der Waals surface area (Å²) in [5, 5.41) is 4.18. The molecule has 0 unspecified atom stereocenters. The fraction of sp³-hybridized carbons (Fsp3) is 0.200. The van der Waals surface area contributed by atoms with E-state index in [2.05, 4.69) is 26.4 Å². The minimum Gasteiger partial charge on any atom is -0.472 e. The largest absolute Gasteiger partial charge is 0.472 e. The standard InChI is InChI=1S/C15H13N3O2S/c19-15(11-1-5-20-9-11)17-3-4-18-13(7-16-14(18)8-17)12-2-6-21-10-12/h1-2,5-7,9-10H,3-4,8H2. The summed E-state index contributed by atoms with van der Waals surface area (Å²) in [5.74, 6) is 0.925. The van der Waals surface area contributed by atoms with Crippen LogP contribution in [0.2, 0.25) is 0 Å². The van der Waals surface area contributed by atoms with Crippen molar-refractivity contribution in [1.29, 1.82) is 0 Å². The molecule has 21 heavy (non-hydrogen) atoms. The molecule has 0 aromatic carbocycles. The molecule has 6 heteroatoms. The molecule has 0 N–H and O–H groups in total. The van der Waals surface area contributed by atoms with Crippen LogP contribution in [-0.2, 0) is 13.1 Å². The molecule has 0 radical (unpaired) electrons. The van der Waals surface area contributed by atoms with Crippen LogP contribution in [0, 0.1) is 0 Å². The quantitative estimate of drug-likeness (QED) is 0.731. The fourth-order valence-corrected chi connectivity index (χ4v) is 3.29. The topological polar surface area (TPSA) is 51.3 Å². The van der Waals surface area contributed by atoms with Crippen molar-refractivity contribution in [2.24, 2.45) is 0 Å². The van der Waals surface area contributed by atoms with Crippen molar-refractivity contribution < 1.29 is 9.21 Å². The molecule has 3 aromatic heterocycles. The van der Waals surface area contributed by atoms with E-state index >= 15 is 0 Å². The average Bonchev–Trinajstić information content (AvgIpc) is 3.24. The van der Waals surface area contributed by atoms with Gasteiger partial charge in [0.2, 0.25) is 0 Å². The minimum absolute atomic E-state index is 0.00455. The number of rotatable bonds is 2. The second kappa shape index (κ2) is 4.89. The Hall–Kier alpha value is -2.34. The van der Waals surface area contributed by atoms with Crippen molar-refractivity contribution in [3.05, 3.63) is 53.0 Å². The van der Waals surface area contributed by atoms with Gasteiger partial charge in [-0.15, -0.1) is 0 Å². The SMILES string of the molecule is O=C(c1ccoc1)N1CCn2c(-c3ccsc3)cnc2C1. The Balaban J connectivity index is 1.61. The first-order valence-corrected chi connectivity index (χ1v) is 7.65. The van der Waals surface area contributed by atoms with E-state index in [1.807, 2.05) is 11.1 Å². The van der Waals surface area contributed by atoms with Crippen molar-refractivity contribution >= 4 is 17.2 Å². The van der Waals surface area contributed by atoms with Crippen LogP contribution in [0.15, 0.2) is 46.0 Å². The third-order valence-corrected chi connectivity index (χ3v) is 4.42. The van der Waals surface area contributed by atoms with Gasteiger partial charge in [0.25, 0.3) is 5.91 Å². The molecule has 0 saturated carbocycles. The zero-order valence-electron chi connectivity index (χ0n) is 11.2. The van der Waals surface area contributed by atoms with Gasteiger partial charge in [0, 0.05) is 24.0 Å². The molecule has 0 aliphatic carbocycles. The van der Waals surface area contributed by atoms with Gasteiger partial charge in [-0.3, -0.25) is 4.79 Å². The van der Waals surface area contributed by atoms with E-state index in [0.717, 1.165) is 18.1 Å². The summed E-state index contributed by atoms with van der Waals surface area (Å²) in [5.41, 5.74) is 2.91. The van der Waals surface area contributed by atoms with E-state index in [4.69, 9.17) is 4.42 Å². The van der Waals surface area contributed by atoms with Crippen LogP contribution in [0.25, 0.3) is 11.3 Å². The summed E-state index contributed by atoms with van der Waals surface area (Å²) < 4.78 is 7.18. The molecule has 0 spiro atoms. The van der Waals surface area contributed by atoms with Crippen molar-refractivity contribution in [2.45, 2.75) is 13.1 Å². The molecule has 0 fully saturated rings. The van der Waals surface area contributed by atoms with Gasteiger partial charge in [0.1, 0.15) is 12.1 Å². The number of fused-ring (bicyclic) bond motifs is 1.